The second-order valence-corrected chi connectivity index (χ2v) is 6.37. The molecule has 0 aliphatic carbocycles. The number of aromatic nitrogens is 1. The van der Waals surface area contributed by atoms with E-state index >= 15 is 0 Å². The van der Waals surface area contributed by atoms with E-state index in [1.807, 2.05) is 13.0 Å². The SMILES string of the molecule is CCNc1ccc(S(=O)(=O)NC(C)c2ccccn2)cc1. The summed E-state index contributed by atoms with van der Waals surface area (Å²) >= 11 is 0. The standard InChI is InChI=1S/C15H19N3O2S/c1-3-16-13-7-9-14(10-8-13)21(19,20)18-12(2)15-6-4-5-11-17-15/h4-12,16,18H,3H2,1-2H3. The summed E-state index contributed by atoms with van der Waals surface area (Å²) in [6, 6.07) is 11.7. The van der Waals surface area contributed by atoms with Crippen LogP contribution in [0.25, 0.3) is 0 Å². The van der Waals surface area contributed by atoms with Crippen molar-refractivity contribution in [2.24, 2.45) is 0 Å². The minimum absolute atomic E-state index is 0.243. The van der Waals surface area contributed by atoms with Gasteiger partial charge < -0.3 is 5.32 Å². The molecule has 5 nitrogen and oxygen atoms in total. The summed E-state index contributed by atoms with van der Waals surface area (Å²) in [5, 5.41) is 3.13. The lowest BCUT2D eigenvalue weighted by Gasteiger charge is -2.14. The van der Waals surface area contributed by atoms with Crippen molar-refractivity contribution in [3.05, 3.63) is 54.4 Å². The number of rotatable bonds is 6. The van der Waals surface area contributed by atoms with Gasteiger partial charge in [0.25, 0.3) is 0 Å². The Morgan fingerprint density at radius 2 is 1.86 bits per heavy atom. The number of benzene rings is 1. The molecule has 0 radical (unpaired) electrons. The van der Waals surface area contributed by atoms with E-state index in [9.17, 15) is 8.42 Å². The molecule has 1 aromatic carbocycles. The van der Waals surface area contributed by atoms with Crippen molar-refractivity contribution in [1.29, 1.82) is 0 Å². The van der Waals surface area contributed by atoms with Crippen LogP contribution in [-0.2, 0) is 10.0 Å². The Bertz CT molecular complexity index is 670. The highest BCUT2D eigenvalue weighted by atomic mass is 32.2. The summed E-state index contributed by atoms with van der Waals surface area (Å²) in [5.41, 5.74) is 1.58. The molecule has 2 rings (SSSR count). The zero-order valence-electron chi connectivity index (χ0n) is 12.1. The van der Waals surface area contributed by atoms with Gasteiger partial charge in [-0.25, -0.2) is 13.1 Å². The largest absolute Gasteiger partial charge is 0.385 e. The molecule has 1 heterocycles. The predicted octanol–water partition coefficient (Wildman–Crippen LogP) is 2.55. The summed E-state index contributed by atoms with van der Waals surface area (Å²) < 4.78 is 27.3. The maximum absolute atomic E-state index is 12.3. The first-order valence-corrected chi connectivity index (χ1v) is 8.28. The van der Waals surface area contributed by atoms with Crippen LogP contribution >= 0.6 is 0 Å². The minimum Gasteiger partial charge on any atom is -0.385 e. The summed E-state index contributed by atoms with van der Waals surface area (Å²) in [4.78, 5) is 4.40. The Hall–Kier alpha value is -1.92. The molecule has 0 saturated carbocycles. The lowest BCUT2D eigenvalue weighted by molar-refractivity contribution is 0.564. The molecule has 1 atom stereocenters. The molecular weight excluding hydrogens is 286 g/mol. The monoisotopic (exact) mass is 305 g/mol. The molecule has 0 spiro atoms. The number of pyridine rings is 1. The number of anilines is 1. The molecule has 112 valence electrons. The zero-order chi connectivity index (χ0) is 15.3. The van der Waals surface area contributed by atoms with Gasteiger partial charge in [-0.1, -0.05) is 6.07 Å². The van der Waals surface area contributed by atoms with E-state index in [0.29, 0.717) is 5.69 Å². The summed E-state index contributed by atoms with van der Waals surface area (Å²) in [7, 11) is -3.56. The Morgan fingerprint density at radius 3 is 2.43 bits per heavy atom. The van der Waals surface area contributed by atoms with Crippen LogP contribution in [0, 0.1) is 0 Å². The van der Waals surface area contributed by atoms with Gasteiger partial charge in [0.2, 0.25) is 10.0 Å². The minimum atomic E-state index is -3.56. The molecule has 0 amide bonds. The van der Waals surface area contributed by atoms with Crippen molar-refractivity contribution in [2.45, 2.75) is 24.8 Å². The highest BCUT2D eigenvalue weighted by Gasteiger charge is 2.18. The van der Waals surface area contributed by atoms with E-state index in [2.05, 4.69) is 15.0 Å². The van der Waals surface area contributed by atoms with Gasteiger partial charge in [0.05, 0.1) is 16.6 Å². The number of hydrogen-bond acceptors (Lipinski definition) is 4. The van der Waals surface area contributed by atoms with Crippen molar-refractivity contribution in [3.63, 3.8) is 0 Å². The highest BCUT2D eigenvalue weighted by Crippen LogP contribution is 2.17. The molecule has 0 bridgehead atoms. The van der Waals surface area contributed by atoms with Crippen molar-refractivity contribution in [1.82, 2.24) is 9.71 Å². The first-order chi connectivity index (χ1) is 10.0. The second kappa shape index (κ2) is 6.69. The Morgan fingerprint density at radius 1 is 1.14 bits per heavy atom. The topological polar surface area (TPSA) is 71.1 Å². The molecule has 1 aromatic heterocycles. The predicted molar refractivity (Wildman–Crippen MR) is 83.6 cm³/mol. The third kappa shape index (κ3) is 4.03. The van der Waals surface area contributed by atoms with E-state index in [1.54, 1.807) is 49.5 Å². The Balaban J connectivity index is 2.14. The van der Waals surface area contributed by atoms with Gasteiger partial charge in [-0.3, -0.25) is 4.98 Å². The molecule has 0 saturated heterocycles. The van der Waals surface area contributed by atoms with Gasteiger partial charge in [0, 0.05) is 18.4 Å². The molecule has 0 aliphatic rings. The lowest BCUT2D eigenvalue weighted by atomic mass is 10.2. The third-order valence-electron chi connectivity index (χ3n) is 3.01. The molecule has 6 heteroatoms. The van der Waals surface area contributed by atoms with Gasteiger partial charge in [0.15, 0.2) is 0 Å². The smallest absolute Gasteiger partial charge is 0.241 e. The maximum atomic E-state index is 12.3. The second-order valence-electron chi connectivity index (χ2n) is 4.65. The van der Waals surface area contributed by atoms with Crippen LogP contribution in [0.2, 0.25) is 0 Å². The third-order valence-corrected chi connectivity index (χ3v) is 4.57. The first kappa shape index (κ1) is 15.5. The van der Waals surface area contributed by atoms with Crippen LogP contribution in [0.3, 0.4) is 0 Å². The molecule has 2 aromatic rings. The number of nitrogens with one attached hydrogen (secondary N) is 2. The number of nitrogens with zero attached hydrogens (tertiary/aromatic N) is 1. The van der Waals surface area contributed by atoms with Crippen molar-refractivity contribution < 1.29 is 8.42 Å². The van der Waals surface area contributed by atoms with Gasteiger partial charge in [-0.05, 0) is 50.2 Å². The van der Waals surface area contributed by atoms with Gasteiger partial charge in [-0.15, -0.1) is 0 Å². The first-order valence-electron chi connectivity index (χ1n) is 6.80. The fourth-order valence-corrected chi connectivity index (χ4v) is 3.17. The quantitative estimate of drug-likeness (QED) is 0.860. The Kier molecular flexibility index (Phi) is 4.93. The molecule has 0 fully saturated rings. The van der Waals surface area contributed by atoms with E-state index in [4.69, 9.17) is 0 Å². The van der Waals surface area contributed by atoms with E-state index in [-0.39, 0.29) is 10.9 Å². The summed E-state index contributed by atoms with van der Waals surface area (Å²) in [6.07, 6.45) is 1.64. The van der Waals surface area contributed by atoms with E-state index < -0.39 is 10.0 Å². The van der Waals surface area contributed by atoms with Gasteiger partial charge in [0.1, 0.15) is 0 Å². The maximum Gasteiger partial charge on any atom is 0.241 e. The average molecular weight is 305 g/mol. The fourth-order valence-electron chi connectivity index (χ4n) is 1.95. The van der Waals surface area contributed by atoms with Crippen LogP contribution in [0.1, 0.15) is 25.6 Å². The fraction of sp³-hybridized carbons (Fsp3) is 0.267. The van der Waals surface area contributed by atoms with Crippen molar-refractivity contribution in [2.75, 3.05) is 11.9 Å². The lowest BCUT2D eigenvalue weighted by Crippen LogP contribution is -2.27. The molecular formula is C15H19N3O2S. The number of sulfonamides is 1. The van der Waals surface area contributed by atoms with Crippen LogP contribution in [0.15, 0.2) is 53.6 Å². The van der Waals surface area contributed by atoms with E-state index in [0.717, 1.165) is 12.2 Å². The molecule has 21 heavy (non-hydrogen) atoms. The van der Waals surface area contributed by atoms with Crippen LogP contribution in [0.5, 0.6) is 0 Å². The van der Waals surface area contributed by atoms with Gasteiger partial charge in [-0.2, -0.15) is 0 Å². The molecule has 0 aliphatic heterocycles. The van der Waals surface area contributed by atoms with Crippen molar-refractivity contribution >= 4 is 15.7 Å². The molecule has 1 unspecified atom stereocenters. The number of hydrogen-bond donors (Lipinski definition) is 2. The zero-order valence-corrected chi connectivity index (χ0v) is 12.9. The average Bonchev–Trinajstić information content (AvgIpc) is 2.48. The summed E-state index contributed by atoms with van der Waals surface area (Å²) in [5.74, 6) is 0. The Labute approximate surface area is 125 Å². The van der Waals surface area contributed by atoms with Crippen molar-refractivity contribution in [3.8, 4) is 0 Å². The van der Waals surface area contributed by atoms with E-state index in [1.165, 1.54) is 0 Å². The van der Waals surface area contributed by atoms with Gasteiger partial charge >= 0.3 is 0 Å². The normalized spacial score (nSPS) is 12.9. The van der Waals surface area contributed by atoms with Crippen LogP contribution in [-0.4, -0.2) is 19.9 Å². The van der Waals surface area contributed by atoms with Crippen LogP contribution in [0.4, 0.5) is 5.69 Å². The van der Waals surface area contributed by atoms with Crippen LogP contribution < -0.4 is 10.0 Å². The highest BCUT2D eigenvalue weighted by molar-refractivity contribution is 7.89. The molecule has 2 N–H and O–H groups in total. The summed E-state index contributed by atoms with van der Waals surface area (Å²) in [6.45, 7) is 4.55.